The van der Waals surface area contributed by atoms with Crippen molar-refractivity contribution < 1.29 is 5.11 Å². The normalized spacial score (nSPS) is 19.4. The van der Waals surface area contributed by atoms with E-state index in [1.165, 1.54) is 0 Å². The van der Waals surface area contributed by atoms with Gasteiger partial charge < -0.3 is 5.11 Å². The third kappa shape index (κ3) is 2.70. The fraction of sp³-hybridized carbons (Fsp3) is 0.667. The Bertz CT molecular complexity index is 120. The first-order chi connectivity index (χ1) is 4.04. The number of alkyl halides is 1. The first-order valence-corrected chi connectivity index (χ1v) is 4.15. The lowest BCUT2D eigenvalue weighted by Gasteiger charge is -2.18. The molecule has 54 valence electrons. The van der Waals surface area contributed by atoms with Gasteiger partial charge >= 0.3 is 0 Å². The minimum absolute atomic E-state index is 0.461. The van der Waals surface area contributed by atoms with E-state index in [0.29, 0.717) is 10.4 Å². The van der Waals surface area contributed by atoms with Gasteiger partial charge in [0.2, 0.25) is 0 Å². The summed E-state index contributed by atoms with van der Waals surface area (Å²) < 4.78 is 0. The molecule has 0 radical (unpaired) electrons. The van der Waals surface area contributed by atoms with E-state index < -0.39 is 5.60 Å². The molecule has 0 aromatic carbocycles. The van der Waals surface area contributed by atoms with E-state index in [1.807, 2.05) is 0 Å². The van der Waals surface area contributed by atoms with Gasteiger partial charge in [-0.1, -0.05) is 33.6 Å². The second-order valence-electron chi connectivity index (χ2n) is 2.04. The first-order valence-electron chi connectivity index (χ1n) is 2.65. The lowest BCUT2D eigenvalue weighted by molar-refractivity contribution is 0.134. The van der Waals surface area contributed by atoms with Gasteiger partial charge in [0.15, 0.2) is 0 Å². The molecule has 0 aromatic heterocycles. The summed E-state index contributed by atoms with van der Waals surface area (Å²) in [4.78, 5) is 0. The molecular formula is C6H10BrClO. The Morgan fingerprint density at radius 3 is 2.44 bits per heavy atom. The minimum Gasteiger partial charge on any atom is -0.384 e. The van der Waals surface area contributed by atoms with Gasteiger partial charge in [-0.3, -0.25) is 0 Å². The van der Waals surface area contributed by atoms with Gasteiger partial charge in [-0.15, -0.1) is 0 Å². The van der Waals surface area contributed by atoms with Crippen molar-refractivity contribution in [1.82, 2.24) is 0 Å². The summed E-state index contributed by atoms with van der Waals surface area (Å²) in [6, 6.07) is 0. The van der Waals surface area contributed by atoms with E-state index in [2.05, 4.69) is 15.9 Å². The number of rotatable bonds is 2. The molecule has 0 fully saturated rings. The van der Waals surface area contributed by atoms with Crippen LogP contribution in [-0.2, 0) is 0 Å². The molecule has 9 heavy (non-hydrogen) atoms. The molecule has 1 N–H and O–H groups in total. The number of halogens is 2. The molecule has 0 aromatic rings. The van der Waals surface area contributed by atoms with E-state index in [-0.39, 0.29) is 0 Å². The van der Waals surface area contributed by atoms with Crippen LogP contribution in [0.2, 0.25) is 0 Å². The molecule has 1 atom stereocenters. The van der Waals surface area contributed by atoms with Gasteiger partial charge in [0.1, 0.15) is 5.60 Å². The lowest BCUT2D eigenvalue weighted by Crippen LogP contribution is -2.26. The highest BCUT2D eigenvalue weighted by Gasteiger charge is 2.21. The van der Waals surface area contributed by atoms with Crippen LogP contribution in [0.5, 0.6) is 0 Å². The Labute approximate surface area is 68.8 Å². The Morgan fingerprint density at radius 1 is 1.89 bits per heavy atom. The molecule has 0 heterocycles. The molecule has 3 heteroatoms. The largest absolute Gasteiger partial charge is 0.384 e. The molecule has 0 aliphatic heterocycles. The van der Waals surface area contributed by atoms with E-state index in [0.717, 1.165) is 0 Å². The summed E-state index contributed by atoms with van der Waals surface area (Å²) in [5, 5.41) is 10.3. The third-order valence-electron chi connectivity index (χ3n) is 1.03. The van der Waals surface area contributed by atoms with Gasteiger partial charge in [-0.2, -0.15) is 0 Å². The van der Waals surface area contributed by atoms with Gasteiger partial charge in [0, 0.05) is 10.4 Å². The van der Waals surface area contributed by atoms with Gasteiger partial charge in [-0.05, 0) is 13.8 Å². The van der Waals surface area contributed by atoms with Gasteiger partial charge in [0.25, 0.3) is 0 Å². The average molecular weight is 214 g/mol. The Balaban J connectivity index is 4.14. The van der Waals surface area contributed by atoms with Crippen LogP contribution in [0, 0.1) is 0 Å². The summed E-state index contributed by atoms with van der Waals surface area (Å²) >= 11 is 8.78. The van der Waals surface area contributed by atoms with Crippen molar-refractivity contribution in [2.75, 3.05) is 5.33 Å². The third-order valence-corrected chi connectivity index (χ3v) is 2.75. The molecule has 0 amide bonds. The smallest absolute Gasteiger partial charge is 0.107 e. The highest BCUT2D eigenvalue weighted by atomic mass is 79.9. The fourth-order valence-corrected chi connectivity index (χ4v) is 0.905. The van der Waals surface area contributed by atoms with Crippen molar-refractivity contribution in [2.24, 2.45) is 0 Å². The summed E-state index contributed by atoms with van der Waals surface area (Å²) in [7, 11) is 0. The molecule has 0 rings (SSSR count). The SMILES string of the molecule is CC=C(Cl)[C@](C)(O)CBr. The van der Waals surface area contributed by atoms with Crippen LogP contribution in [0.4, 0.5) is 0 Å². The average Bonchev–Trinajstić information content (AvgIpc) is 1.86. The summed E-state index contributed by atoms with van der Waals surface area (Å²) in [5.41, 5.74) is -0.906. The second-order valence-corrected chi connectivity index (χ2v) is 3.01. The monoisotopic (exact) mass is 212 g/mol. The van der Waals surface area contributed by atoms with E-state index >= 15 is 0 Å². The van der Waals surface area contributed by atoms with Crippen LogP contribution in [0.25, 0.3) is 0 Å². The molecule has 0 bridgehead atoms. The van der Waals surface area contributed by atoms with Crippen molar-refractivity contribution >= 4 is 27.5 Å². The number of allylic oxidation sites excluding steroid dienone is 1. The van der Waals surface area contributed by atoms with Gasteiger partial charge in [0.05, 0.1) is 0 Å². The second kappa shape index (κ2) is 3.59. The molecule has 0 unspecified atom stereocenters. The quantitative estimate of drug-likeness (QED) is 0.698. The summed E-state index contributed by atoms with van der Waals surface area (Å²) in [6.07, 6.45) is 1.68. The summed E-state index contributed by atoms with van der Waals surface area (Å²) in [6.45, 7) is 3.45. The maximum atomic E-state index is 9.34. The molecule has 0 saturated carbocycles. The standard InChI is InChI=1S/C6H10BrClO/c1-3-5(8)6(2,9)4-7/h3,9H,4H2,1-2H3/t6-/m1/s1. The fourth-order valence-electron chi connectivity index (χ4n) is 0.375. The lowest BCUT2D eigenvalue weighted by atomic mass is 10.1. The van der Waals surface area contributed by atoms with E-state index in [4.69, 9.17) is 11.6 Å². The van der Waals surface area contributed by atoms with Crippen LogP contribution in [0.3, 0.4) is 0 Å². The van der Waals surface area contributed by atoms with Crippen LogP contribution < -0.4 is 0 Å². The highest BCUT2D eigenvalue weighted by Crippen LogP contribution is 2.21. The maximum Gasteiger partial charge on any atom is 0.107 e. The minimum atomic E-state index is -0.906. The van der Waals surface area contributed by atoms with E-state index in [1.54, 1.807) is 19.9 Å². The first kappa shape index (κ1) is 9.47. The number of aliphatic hydroxyl groups is 1. The molecule has 0 saturated heterocycles. The zero-order valence-corrected chi connectivity index (χ0v) is 7.83. The van der Waals surface area contributed by atoms with Crippen molar-refractivity contribution in [3.63, 3.8) is 0 Å². The van der Waals surface area contributed by atoms with Crippen molar-refractivity contribution in [3.05, 3.63) is 11.1 Å². The van der Waals surface area contributed by atoms with Crippen molar-refractivity contribution in [2.45, 2.75) is 19.4 Å². The highest BCUT2D eigenvalue weighted by molar-refractivity contribution is 9.09. The van der Waals surface area contributed by atoms with Crippen LogP contribution in [0.1, 0.15) is 13.8 Å². The van der Waals surface area contributed by atoms with Crippen LogP contribution >= 0.6 is 27.5 Å². The molecular weight excluding hydrogens is 203 g/mol. The summed E-state index contributed by atoms with van der Waals surface area (Å²) in [5.74, 6) is 0. The molecule has 0 aliphatic rings. The topological polar surface area (TPSA) is 20.2 Å². The Kier molecular flexibility index (Phi) is 3.78. The van der Waals surface area contributed by atoms with Crippen LogP contribution in [-0.4, -0.2) is 16.0 Å². The van der Waals surface area contributed by atoms with Crippen molar-refractivity contribution in [1.29, 1.82) is 0 Å². The number of hydrogen-bond acceptors (Lipinski definition) is 1. The maximum absolute atomic E-state index is 9.34. The molecule has 0 spiro atoms. The predicted molar refractivity (Wildman–Crippen MR) is 44.0 cm³/mol. The zero-order valence-electron chi connectivity index (χ0n) is 5.49. The zero-order chi connectivity index (χ0) is 7.49. The van der Waals surface area contributed by atoms with Gasteiger partial charge in [-0.25, -0.2) is 0 Å². The molecule has 1 nitrogen and oxygen atoms in total. The Morgan fingerprint density at radius 2 is 2.33 bits per heavy atom. The van der Waals surface area contributed by atoms with Crippen LogP contribution in [0.15, 0.2) is 11.1 Å². The number of hydrogen-bond donors (Lipinski definition) is 1. The van der Waals surface area contributed by atoms with Crippen molar-refractivity contribution in [3.8, 4) is 0 Å². The molecule has 0 aliphatic carbocycles. The predicted octanol–water partition coefficient (Wildman–Crippen LogP) is 2.27. The Hall–Kier alpha value is 0.470. The van der Waals surface area contributed by atoms with E-state index in [9.17, 15) is 5.11 Å².